The molecule has 0 saturated carbocycles. The molecular weight excluding hydrogens is 280 g/mol. The number of hydrogen-bond acceptors (Lipinski definition) is 4. The van der Waals surface area contributed by atoms with Gasteiger partial charge in [0.1, 0.15) is 11.5 Å². The van der Waals surface area contributed by atoms with Crippen molar-refractivity contribution in [2.24, 2.45) is 0 Å². The molecule has 0 bridgehead atoms. The molecule has 0 radical (unpaired) electrons. The summed E-state index contributed by atoms with van der Waals surface area (Å²) in [5, 5.41) is 4.32. The molecule has 1 atom stereocenters. The van der Waals surface area contributed by atoms with Gasteiger partial charge in [-0.25, -0.2) is 0 Å². The first-order chi connectivity index (χ1) is 9.87. The maximum absolute atomic E-state index is 5.96. The van der Waals surface area contributed by atoms with Gasteiger partial charge in [-0.05, 0) is 40.2 Å². The number of aryl methyl sites for hydroxylation is 1. The zero-order chi connectivity index (χ0) is 15.5. The summed E-state index contributed by atoms with van der Waals surface area (Å²) >= 11 is 2.11. The smallest absolute Gasteiger partial charge is 0.118 e. The molecule has 2 heterocycles. The van der Waals surface area contributed by atoms with Gasteiger partial charge >= 0.3 is 0 Å². The molecule has 0 spiro atoms. The molecule has 3 nitrogen and oxygen atoms in total. The van der Waals surface area contributed by atoms with Crippen LogP contribution in [0.1, 0.15) is 51.2 Å². The van der Waals surface area contributed by atoms with E-state index in [2.05, 4.69) is 62.7 Å². The van der Waals surface area contributed by atoms with Gasteiger partial charge in [-0.2, -0.15) is 11.8 Å². The Morgan fingerprint density at radius 1 is 1.43 bits per heavy atom. The highest BCUT2D eigenvalue weighted by atomic mass is 32.2. The summed E-state index contributed by atoms with van der Waals surface area (Å²) in [6.45, 7) is 15.1. The van der Waals surface area contributed by atoms with Gasteiger partial charge in [-0.1, -0.05) is 6.92 Å². The second-order valence-electron chi connectivity index (χ2n) is 7.03. The van der Waals surface area contributed by atoms with Crippen LogP contribution in [0.2, 0.25) is 0 Å². The van der Waals surface area contributed by atoms with Crippen LogP contribution in [0.15, 0.2) is 10.5 Å². The summed E-state index contributed by atoms with van der Waals surface area (Å²) in [6, 6.07) is 2.23. The van der Waals surface area contributed by atoms with Crippen molar-refractivity contribution >= 4 is 11.8 Å². The van der Waals surface area contributed by atoms with Crippen LogP contribution in [0.4, 0.5) is 0 Å². The Morgan fingerprint density at radius 3 is 2.86 bits per heavy atom. The lowest BCUT2D eigenvalue weighted by molar-refractivity contribution is 0.248. The van der Waals surface area contributed by atoms with Crippen molar-refractivity contribution in [3.8, 4) is 0 Å². The number of nitrogens with zero attached hydrogens (tertiary/aromatic N) is 1. The summed E-state index contributed by atoms with van der Waals surface area (Å²) in [5.41, 5.74) is 1.43. The molecule has 1 aliphatic heterocycles. The largest absolute Gasteiger partial charge is 0.465 e. The summed E-state index contributed by atoms with van der Waals surface area (Å²) in [5.74, 6) is 3.41. The van der Waals surface area contributed by atoms with Crippen LogP contribution in [0.5, 0.6) is 0 Å². The molecule has 21 heavy (non-hydrogen) atoms. The highest BCUT2D eigenvalue weighted by Gasteiger charge is 2.20. The monoisotopic (exact) mass is 310 g/mol. The molecule has 1 aliphatic rings. The SMILES string of the molecule is CCC1CN(Cc2cc(CNC(C)(C)C)c(C)o2)CCS1. The van der Waals surface area contributed by atoms with E-state index < -0.39 is 0 Å². The zero-order valence-electron chi connectivity index (χ0n) is 14.2. The van der Waals surface area contributed by atoms with Crippen molar-refractivity contribution in [3.63, 3.8) is 0 Å². The van der Waals surface area contributed by atoms with E-state index in [1.165, 1.54) is 30.8 Å². The van der Waals surface area contributed by atoms with E-state index in [-0.39, 0.29) is 5.54 Å². The zero-order valence-corrected chi connectivity index (χ0v) is 15.0. The standard InChI is InChI=1S/C17H30N2OS/c1-6-16-12-19(7-8-21-16)11-15-9-14(13(2)20-15)10-18-17(3,4)5/h9,16,18H,6-8,10-12H2,1-5H3. The predicted molar refractivity (Wildman–Crippen MR) is 91.9 cm³/mol. The van der Waals surface area contributed by atoms with Crippen molar-refractivity contribution in [1.29, 1.82) is 0 Å². The quantitative estimate of drug-likeness (QED) is 0.895. The third kappa shape index (κ3) is 5.35. The molecule has 1 aromatic rings. The minimum Gasteiger partial charge on any atom is -0.465 e. The van der Waals surface area contributed by atoms with E-state index in [0.29, 0.717) is 0 Å². The summed E-state index contributed by atoms with van der Waals surface area (Å²) in [4.78, 5) is 2.53. The van der Waals surface area contributed by atoms with Gasteiger partial charge in [0.25, 0.3) is 0 Å². The third-order valence-electron chi connectivity index (χ3n) is 3.94. The fraction of sp³-hybridized carbons (Fsp3) is 0.765. The fourth-order valence-corrected chi connectivity index (χ4v) is 3.84. The van der Waals surface area contributed by atoms with Crippen LogP contribution in [-0.2, 0) is 13.1 Å². The van der Waals surface area contributed by atoms with E-state index in [0.717, 1.165) is 29.9 Å². The van der Waals surface area contributed by atoms with Gasteiger partial charge in [-0.3, -0.25) is 4.90 Å². The second kappa shape index (κ2) is 7.21. The summed E-state index contributed by atoms with van der Waals surface area (Å²) in [7, 11) is 0. The first kappa shape index (κ1) is 16.9. The van der Waals surface area contributed by atoms with E-state index >= 15 is 0 Å². The molecule has 1 fully saturated rings. The Bertz CT molecular complexity index is 450. The van der Waals surface area contributed by atoms with Crippen molar-refractivity contribution < 1.29 is 4.42 Å². The molecule has 1 saturated heterocycles. The minimum absolute atomic E-state index is 0.141. The maximum atomic E-state index is 5.96. The molecule has 0 aliphatic carbocycles. The van der Waals surface area contributed by atoms with Crippen LogP contribution in [0.3, 0.4) is 0 Å². The van der Waals surface area contributed by atoms with Gasteiger partial charge in [-0.15, -0.1) is 0 Å². The number of hydrogen-bond donors (Lipinski definition) is 1. The van der Waals surface area contributed by atoms with Crippen LogP contribution in [0.25, 0.3) is 0 Å². The van der Waals surface area contributed by atoms with Crippen LogP contribution in [-0.4, -0.2) is 34.5 Å². The lowest BCUT2D eigenvalue weighted by Crippen LogP contribution is -2.36. The number of rotatable bonds is 5. The topological polar surface area (TPSA) is 28.4 Å². The van der Waals surface area contributed by atoms with Crippen LogP contribution < -0.4 is 5.32 Å². The highest BCUT2D eigenvalue weighted by molar-refractivity contribution is 8.00. The molecule has 0 amide bonds. The Morgan fingerprint density at radius 2 is 2.19 bits per heavy atom. The normalized spacial score (nSPS) is 20.9. The van der Waals surface area contributed by atoms with Gasteiger partial charge in [0.2, 0.25) is 0 Å². The average molecular weight is 311 g/mol. The Kier molecular flexibility index (Phi) is 5.81. The number of nitrogens with one attached hydrogen (secondary N) is 1. The second-order valence-corrected chi connectivity index (χ2v) is 8.44. The van der Waals surface area contributed by atoms with E-state index in [4.69, 9.17) is 4.42 Å². The number of furan rings is 1. The average Bonchev–Trinajstić information content (AvgIpc) is 2.76. The molecule has 4 heteroatoms. The van der Waals surface area contributed by atoms with Crippen LogP contribution >= 0.6 is 11.8 Å². The third-order valence-corrected chi connectivity index (χ3v) is 5.31. The van der Waals surface area contributed by atoms with Crippen LogP contribution in [0, 0.1) is 6.92 Å². The van der Waals surface area contributed by atoms with Gasteiger partial charge in [0, 0.05) is 41.7 Å². The highest BCUT2D eigenvalue weighted by Crippen LogP contribution is 2.24. The molecule has 2 rings (SSSR count). The maximum Gasteiger partial charge on any atom is 0.118 e. The summed E-state index contributed by atoms with van der Waals surface area (Å²) < 4.78 is 5.96. The van der Waals surface area contributed by atoms with E-state index in [1.807, 2.05) is 0 Å². The van der Waals surface area contributed by atoms with Gasteiger partial charge < -0.3 is 9.73 Å². The van der Waals surface area contributed by atoms with Crippen molar-refractivity contribution in [2.45, 2.75) is 64.9 Å². The number of thioether (sulfide) groups is 1. The minimum atomic E-state index is 0.141. The predicted octanol–water partition coefficient (Wildman–Crippen LogP) is 3.80. The fourth-order valence-electron chi connectivity index (χ4n) is 2.59. The first-order valence-corrected chi connectivity index (χ1v) is 9.09. The lowest BCUT2D eigenvalue weighted by Gasteiger charge is -2.31. The van der Waals surface area contributed by atoms with Crippen molar-refractivity contribution in [3.05, 3.63) is 23.2 Å². The van der Waals surface area contributed by atoms with E-state index in [1.54, 1.807) is 0 Å². The molecule has 120 valence electrons. The molecule has 0 aromatic carbocycles. The Labute approximate surface area is 133 Å². The van der Waals surface area contributed by atoms with Crippen molar-refractivity contribution in [1.82, 2.24) is 10.2 Å². The van der Waals surface area contributed by atoms with Gasteiger partial charge in [0.05, 0.1) is 6.54 Å². The molecular formula is C17H30N2OS. The lowest BCUT2D eigenvalue weighted by atomic mass is 10.1. The molecule has 1 aromatic heterocycles. The Hall–Kier alpha value is -0.450. The first-order valence-electron chi connectivity index (χ1n) is 8.04. The molecule has 1 N–H and O–H groups in total. The van der Waals surface area contributed by atoms with Crippen molar-refractivity contribution in [2.75, 3.05) is 18.8 Å². The Balaban J connectivity index is 1.92. The van der Waals surface area contributed by atoms with Gasteiger partial charge in [0.15, 0.2) is 0 Å². The summed E-state index contributed by atoms with van der Waals surface area (Å²) in [6.07, 6.45) is 1.26. The molecule has 1 unspecified atom stereocenters. The van der Waals surface area contributed by atoms with E-state index in [9.17, 15) is 0 Å².